The van der Waals surface area contributed by atoms with Gasteiger partial charge in [-0.25, -0.2) is 4.39 Å². The highest BCUT2D eigenvalue weighted by molar-refractivity contribution is 7.71. The summed E-state index contributed by atoms with van der Waals surface area (Å²) in [6.45, 7) is 2.26. The summed E-state index contributed by atoms with van der Waals surface area (Å²) in [6, 6.07) is 11.6. The van der Waals surface area contributed by atoms with E-state index >= 15 is 0 Å². The van der Waals surface area contributed by atoms with E-state index in [9.17, 15) is 14.0 Å². The third-order valence-corrected chi connectivity index (χ3v) is 4.96. The van der Waals surface area contributed by atoms with Gasteiger partial charge >= 0.3 is 0 Å². The summed E-state index contributed by atoms with van der Waals surface area (Å²) in [5.74, 6) is -0.423. The Labute approximate surface area is 167 Å². The monoisotopic (exact) mass is 399 g/mol. The third-order valence-electron chi connectivity index (χ3n) is 4.64. The molecular formula is C21H22FN3O2S. The van der Waals surface area contributed by atoms with E-state index in [1.165, 1.54) is 12.1 Å². The van der Waals surface area contributed by atoms with E-state index in [1.807, 2.05) is 18.2 Å². The molecule has 0 saturated heterocycles. The number of halogens is 1. The minimum Gasteiger partial charge on any atom is -0.332 e. The summed E-state index contributed by atoms with van der Waals surface area (Å²) in [5.41, 5.74) is 1.96. The Kier molecular flexibility index (Phi) is 6.36. The molecule has 3 rings (SSSR count). The van der Waals surface area contributed by atoms with Gasteiger partial charge in [0.2, 0.25) is 5.91 Å². The van der Waals surface area contributed by atoms with Crippen LogP contribution in [-0.2, 0) is 11.3 Å². The summed E-state index contributed by atoms with van der Waals surface area (Å²) in [4.78, 5) is 27.7. The summed E-state index contributed by atoms with van der Waals surface area (Å²) >= 11 is 5.30. The molecule has 3 aromatic rings. The maximum atomic E-state index is 13.1. The predicted octanol–water partition coefficient (Wildman–Crippen LogP) is 4.71. The van der Waals surface area contributed by atoms with Crippen LogP contribution in [0.5, 0.6) is 0 Å². The first-order valence-electron chi connectivity index (χ1n) is 9.23. The first-order valence-corrected chi connectivity index (χ1v) is 9.64. The van der Waals surface area contributed by atoms with Gasteiger partial charge < -0.3 is 10.3 Å². The van der Waals surface area contributed by atoms with E-state index in [0.717, 1.165) is 18.4 Å². The molecule has 0 radical (unpaired) electrons. The van der Waals surface area contributed by atoms with Crippen LogP contribution in [0.15, 0.2) is 47.3 Å². The molecule has 146 valence electrons. The number of aryl methyl sites for hydroxylation is 1. The topological polar surface area (TPSA) is 66.9 Å². The van der Waals surface area contributed by atoms with Crippen molar-refractivity contribution < 1.29 is 9.18 Å². The number of para-hydroxylation sites is 1. The number of aromatic amines is 1. The van der Waals surface area contributed by atoms with E-state index in [0.29, 0.717) is 40.8 Å². The molecule has 0 aliphatic carbocycles. The molecule has 0 aliphatic rings. The molecule has 28 heavy (non-hydrogen) atoms. The molecule has 5 nitrogen and oxygen atoms in total. The number of aromatic nitrogens is 2. The summed E-state index contributed by atoms with van der Waals surface area (Å²) < 4.78 is 15.1. The average molecular weight is 399 g/mol. The van der Waals surface area contributed by atoms with Gasteiger partial charge in [0.25, 0.3) is 5.56 Å². The van der Waals surface area contributed by atoms with E-state index in [1.54, 1.807) is 23.6 Å². The highest BCUT2D eigenvalue weighted by Crippen LogP contribution is 2.16. The highest BCUT2D eigenvalue weighted by atomic mass is 32.1. The van der Waals surface area contributed by atoms with Crippen LogP contribution in [0.1, 0.15) is 31.2 Å². The standard InChI is InChI=1S/C21H22FN3O2S/c1-14-13-15(22)10-11-17(14)23-19(26)9-3-2-6-12-25-20(27)16-7-4-5-8-18(16)24-21(25)28/h4-5,7-8,10-11,13H,2-3,6,9,12H2,1H3,(H,23,26)(H,24,28). The normalized spacial score (nSPS) is 10.9. The lowest BCUT2D eigenvalue weighted by Gasteiger charge is -2.09. The third kappa shape index (κ3) is 4.72. The van der Waals surface area contributed by atoms with Crippen molar-refractivity contribution in [3.05, 3.63) is 69.0 Å². The van der Waals surface area contributed by atoms with Crippen LogP contribution in [0.3, 0.4) is 0 Å². The molecule has 0 spiro atoms. The van der Waals surface area contributed by atoms with E-state index in [-0.39, 0.29) is 17.3 Å². The van der Waals surface area contributed by atoms with Crippen molar-refractivity contribution in [3.8, 4) is 0 Å². The average Bonchev–Trinajstić information content (AvgIpc) is 2.66. The summed E-state index contributed by atoms with van der Waals surface area (Å²) in [7, 11) is 0. The number of nitrogens with one attached hydrogen (secondary N) is 2. The lowest BCUT2D eigenvalue weighted by molar-refractivity contribution is -0.116. The van der Waals surface area contributed by atoms with Crippen LogP contribution < -0.4 is 10.9 Å². The summed E-state index contributed by atoms with van der Waals surface area (Å²) in [6.07, 6.45) is 2.61. The Morgan fingerprint density at radius 2 is 1.96 bits per heavy atom. The lowest BCUT2D eigenvalue weighted by atomic mass is 10.1. The number of rotatable bonds is 7. The molecule has 0 atom stereocenters. The van der Waals surface area contributed by atoms with Crippen LogP contribution >= 0.6 is 12.2 Å². The second-order valence-corrected chi connectivity index (χ2v) is 7.14. The van der Waals surface area contributed by atoms with Crippen LogP contribution in [0.2, 0.25) is 0 Å². The second-order valence-electron chi connectivity index (χ2n) is 6.75. The van der Waals surface area contributed by atoms with Gasteiger partial charge in [-0.2, -0.15) is 0 Å². The number of H-pyrrole nitrogens is 1. The molecule has 1 amide bonds. The van der Waals surface area contributed by atoms with Crippen LogP contribution in [0.25, 0.3) is 10.9 Å². The number of benzene rings is 2. The number of hydrogen-bond acceptors (Lipinski definition) is 3. The minimum atomic E-state index is -0.321. The highest BCUT2D eigenvalue weighted by Gasteiger charge is 2.07. The number of hydrogen-bond donors (Lipinski definition) is 2. The molecule has 0 aliphatic heterocycles. The molecule has 2 aromatic carbocycles. The molecule has 0 fully saturated rings. The first-order chi connectivity index (χ1) is 13.5. The number of amides is 1. The maximum Gasteiger partial charge on any atom is 0.262 e. The molecule has 1 heterocycles. The number of fused-ring (bicyclic) bond motifs is 1. The van der Waals surface area contributed by atoms with Crippen molar-refractivity contribution in [2.75, 3.05) is 5.32 Å². The van der Waals surface area contributed by atoms with Crippen molar-refractivity contribution in [2.24, 2.45) is 0 Å². The largest absolute Gasteiger partial charge is 0.332 e. The lowest BCUT2D eigenvalue weighted by Crippen LogP contribution is -2.22. The fourth-order valence-electron chi connectivity index (χ4n) is 3.11. The Morgan fingerprint density at radius 1 is 1.18 bits per heavy atom. The van der Waals surface area contributed by atoms with E-state index in [4.69, 9.17) is 12.2 Å². The summed E-state index contributed by atoms with van der Waals surface area (Å²) in [5, 5.41) is 3.42. The second kappa shape index (κ2) is 8.93. The molecule has 2 N–H and O–H groups in total. The molecule has 0 bridgehead atoms. The molecule has 7 heteroatoms. The zero-order valence-electron chi connectivity index (χ0n) is 15.6. The Balaban J connectivity index is 1.50. The zero-order chi connectivity index (χ0) is 20.1. The molecule has 0 saturated carbocycles. The van der Waals surface area contributed by atoms with Gasteiger partial charge in [0, 0.05) is 18.7 Å². The Morgan fingerprint density at radius 3 is 2.75 bits per heavy atom. The molecule has 1 aromatic heterocycles. The maximum absolute atomic E-state index is 13.1. The quantitative estimate of drug-likeness (QED) is 0.447. The Hall–Kier alpha value is -2.80. The number of carbonyl (C=O) groups is 1. The van der Waals surface area contributed by atoms with Gasteiger partial charge in [0.1, 0.15) is 5.82 Å². The number of anilines is 1. The van der Waals surface area contributed by atoms with Gasteiger partial charge in [0.15, 0.2) is 4.77 Å². The van der Waals surface area contributed by atoms with Crippen LogP contribution in [0.4, 0.5) is 10.1 Å². The van der Waals surface area contributed by atoms with Gasteiger partial charge in [-0.15, -0.1) is 0 Å². The number of unbranched alkanes of at least 4 members (excludes halogenated alkanes) is 2. The fourth-order valence-corrected chi connectivity index (χ4v) is 3.40. The minimum absolute atomic E-state index is 0.0936. The molecular weight excluding hydrogens is 377 g/mol. The van der Waals surface area contributed by atoms with E-state index < -0.39 is 0 Å². The van der Waals surface area contributed by atoms with Crippen molar-refractivity contribution in [3.63, 3.8) is 0 Å². The smallest absolute Gasteiger partial charge is 0.262 e. The zero-order valence-corrected chi connectivity index (χ0v) is 16.4. The van der Waals surface area contributed by atoms with Crippen molar-refractivity contribution in [1.82, 2.24) is 9.55 Å². The number of nitrogens with zero attached hydrogens (tertiary/aromatic N) is 1. The molecule has 0 unspecified atom stereocenters. The van der Waals surface area contributed by atoms with Crippen LogP contribution in [-0.4, -0.2) is 15.5 Å². The fraction of sp³-hybridized carbons (Fsp3) is 0.286. The first kappa shape index (κ1) is 19.9. The van der Waals surface area contributed by atoms with Gasteiger partial charge in [0.05, 0.1) is 10.9 Å². The Bertz CT molecular complexity index is 1120. The van der Waals surface area contributed by atoms with Crippen molar-refractivity contribution in [1.29, 1.82) is 0 Å². The predicted molar refractivity (Wildman–Crippen MR) is 112 cm³/mol. The van der Waals surface area contributed by atoms with Crippen molar-refractivity contribution >= 4 is 34.7 Å². The SMILES string of the molecule is Cc1cc(F)ccc1NC(=O)CCCCCn1c(=S)[nH]c2ccccc2c1=O. The van der Waals surface area contributed by atoms with Gasteiger partial charge in [-0.05, 0) is 67.9 Å². The van der Waals surface area contributed by atoms with Gasteiger partial charge in [-0.3, -0.25) is 14.2 Å². The van der Waals surface area contributed by atoms with E-state index in [2.05, 4.69) is 10.3 Å². The van der Waals surface area contributed by atoms with Crippen molar-refractivity contribution in [2.45, 2.75) is 39.2 Å². The van der Waals surface area contributed by atoms with Crippen LogP contribution in [0, 0.1) is 17.5 Å². The van der Waals surface area contributed by atoms with Gasteiger partial charge in [-0.1, -0.05) is 18.6 Å². The number of carbonyl (C=O) groups excluding carboxylic acids is 1.